The molecule has 186 valence electrons. The van der Waals surface area contributed by atoms with Crippen LogP contribution in [0.2, 0.25) is 0 Å². The number of carbonyl (C=O) groups is 1. The molecule has 0 amide bonds. The molecule has 4 aromatic rings. The van der Waals surface area contributed by atoms with E-state index in [2.05, 4.69) is 51.9 Å². The summed E-state index contributed by atoms with van der Waals surface area (Å²) in [7, 11) is 2.12. The molecule has 3 aromatic carbocycles. The number of aromatic amines is 1. The Morgan fingerprint density at radius 3 is 2.39 bits per heavy atom. The van der Waals surface area contributed by atoms with Gasteiger partial charge in [0.25, 0.3) is 0 Å². The van der Waals surface area contributed by atoms with Crippen molar-refractivity contribution >= 4 is 44.2 Å². The third-order valence-corrected chi connectivity index (χ3v) is 6.56. The molecule has 0 aliphatic carbocycles. The zero-order valence-electron chi connectivity index (χ0n) is 20.5. The van der Waals surface area contributed by atoms with Gasteiger partial charge >= 0.3 is 5.97 Å². The molecule has 0 atom stereocenters. The molecule has 4 rings (SSSR count). The number of hydrogen-bond acceptors (Lipinski definition) is 4. The number of nitrogens with one attached hydrogen (secondary N) is 1. The number of aryl methyl sites for hydroxylation is 1. The highest BCUT2D eigenvalue weighted by Crippen LogP contribution is 2.33. The van der Waals surface area contributed by atoms with Crippen LogP contribution in [0, 0.1) is 0 Å². The molecule has 6 nitrogen and oxygen atoms in total. The van der Waals surface area contributed by atoms with Crippen LogP contribution in [0.5, 0.6) is 5.88 Å². The molecule has 0 spiro atoms. The second-order valence-corrected chi connectivity index (χ2v) is 9.91. The van der Waals surface area contributed by atoms with Gasteiger partial charge in [-0.15, -0.1) is 0 Å². The second kappa shape index (κ2) is 11.5. The SMILES string of the molecule is CCCN(C)Cc1ccc(N=C(c2ccc(CCC(=O)O)cc2)c2c(O)[nH]c3cc(Br)ccc23)cc1. The van der Waals surface area contributed by atoms with E-state index in [9.17, 15) is 9.90 Å². The van der Waals surface area contributed by atoms with E-state index in [0.717, 1.165) is 51.7 Å². The van der Waals surface area contributed by atoms with E-state index >= 15 is 0 Å². The predicted octanol–water partition coefficient (Wildman–Crippen LogP) is 6.66. The van der Waals surface area contributed by atoms with Gasteiger partial charge in [-0.1, -0.05) is 65.3 Å². The van der Waals surface area contributed by atoms with E-state index in [4.69, 9.17) is 10.1 Å². The summed E-state index contributed by atoms with van der Waals surface area (Å²) in [6, 6.07) is 21.7. The maximum absolute atomic E-state index is 11.0. The van der Waals surface area contributed by atoms with Gasteiger partial charge in [0.2, 0.25) is 0 Å². The van der Waals surface area contributed by atoms with Gasteiger partial charge < -0.3 is 20.1 Å². The Kier molecular flexibility index (Phi) is 8.23. The number of carboxylic acid groups (broad SMARTS) is 1. The molecule has 0 bridgehead atoms. The van der Waals surface area contributed by atoms with E-state index in [-0.39, 0.29) is 12.3 Å². The van der Waals surface area contributed by atoms with Crippen LogP contribution in [0.4, 0.5) is 5.69 Å². The van der Waals surface area contributed by atoms with E-state index < -0.39 is 5.97 Å². The highest BCUT2D eigenvalue weighted by molar-refractivity contribution is 9.10. The van der Waals surface area contributed by atoms with Crippen molar-refractivity contribution in [1.82, 2.24) is 9.88 Å². The lowest BCUT2D eigenvalue weighted by molar-refractivity contribution is -0.136. The minimum Gasteiger partial charge on any atom is -0.494 e. The van der Waals surface area contributed by atoms with Crippen LogP contribution in [0.15, 0.2) is 76.2 Å². The fraction of sp³-hybridized carbons (Fsp3) is 0.241. The van der Waals surface area contributed by atoms with Crippen molar-refractivity contribution in [3.05, 3.63) is 93.5 Å². The number of hydrogen-bond donors (Lipinski definition) is 3. The average molecular weight is 548 g/mol. The highest BCUT2D eigenvalue weighted by atomic mass is 79.9. The van der Waals surface area contributed by atoms with Crippen LogP contribution in [0.1, 0.15) is 42.0 Å². The number of aliphatic carboxylic acids is 1. The normalized spacial score (nSPS) is 11.9. The smallest absolute Gasteiger partial charge is 0.303 e. The molecule has 0 aliphatic heterocycles. The van der Waals surface area contributed by atoms with Crippen LogP contribution in [0.3, 0.4) is 0 Å². The van der Waals surface area contributed by atoms with Crippen LogP contribution in [0.25, 0.3) is 10.9 Å². The molecule has 0 aliphatic rings. The van der Waals surface area contributed by atoms with Crippen LogP contribution in [-0.4, -0.2) is 45.4 Å². The summed E-state index contributed by atoms with van der Waals surface area (Å²) in [4.78, 5) is 21.3. The third kappa shape index (κ3) is 6.22. The van der Waals surface area contributed by atoms with Crippen LogP contribution >= 0.6 is 15.9 Å². The number of carboxylic acids is 1. The molecule has 7 heteroatoms. The zero-order chi connectivity index (χ0) is 25.7. The fourth-order valence-electron chi connectivity index (χ4n) is 4.32. The van der Waals surface area contributed by atoms with Crippen molar-refractivity contribution in [1.29, 1.82) is 0 Å². The number of H-pyrrole nitrogens is 1. The van der Waals surface area contributed by atoms with Crippen molar-refractivity contribution in [2.45, 2.75) is 32.7 Å². The monoisotopic (exact) mass is 547 g/mol. The Labute approximate surface area is 219 Å². The van der Waals surface area contributed by atoms with Crippen molar-refractivity contribution in [2.75, 3.05) is 13.6 Å². The van der Waals surface area contributed by atoms with Crippen molar-refractivity contribution in [3.63, 3.8) is 0 Å². The summed E-state index contributed by atoms with van der Waals surface area (Å²) in [6.45, 7) is 4.09. The Balaban J connectivity index is 1.75. The summed E-state index contributed by atoms with van der Waals surface area (Å²) >= 11 is 3.49. The number of fused-ring (bicyclic) bond motifs is 1. The first-order valence-electron chi connectivity index (χ1n) is 12.0. The standard InChI is InChI=1S/C29H30BrN3O3/c1-3-16-33(2)18-20-6-12-23(13-7-20)31-28(21-9-4-19(5-10-21)8-15-26(34)35)27-24-14-11-22(30)17-25(24)32-29(27)36/h4-7,9-14,17,32,36H,3,8,15-16,18H2,1-2H3,(H,34,35). The van der Waals surface area contributed by atoms with Crippen molar-refractivity contribution in [2.24, 2.45) is 4.99 Å². The molecule has 1 heterocycles. The molecule has 1 aromatic heterocycles. The molecule has 0 saturated carbocycles. The van der Waals surface area contributed by atoms with Gasteiger partial charge in [-0.3, -0.25) is 4.79 Å². The Hall–Kier alpha value is -3.42. The van der Waals surface area contributed by atoms with Gasteiger partial charge in [0.05, 0.1) is 22.5 Å². The topological polar surface area (TPSA) is 88.9 Å². The quantitative estimate of drug-likeness (QED) is 0.193. The average Bonchev–Trinajstić information content (AvgIpc) is 3.17. The number of aromatic hydroxyl groups is 1. The van der Waals surface area contributed by atoms with Gasteiger partial charge in [0.15, 0.2) is 5.88 Å². The molecule has 0 saturated heterocycles. The molecule has 3 N–H and O–H groups in total. The lowest BCUT2D eigenvalue weighted by atomic mass is 9.98. The summed E-state index contributed by atoms with van der Waals surface area (Å²) in [5.41, 5.74) is 5.84. The maximum atomic E-state index is 11.0. The van der Waals surface area contributed by atoms with Gasteiger partial charge in [-0.2, -0.15) is 0 Å². The molecule has 0 unspecified atom stereocenters. The summed E-state index contributed by atoms with van der Waals surface area (Å²) in [6.07, 6.45) is 1.66. The molecular weight excluding hydrogens is 518 g/mol. The number of aliphatic imine (C=N–C) groups is 1. The first-order chi connectivity index (χ1) is 17.3. The lowest BCUT2D eigenvalue weighted by Gasteiger charge is -2.15. The van der Waals surface area contributed by atoms with Crippen LogP contribution in [-0.2, 0) is 17.8 Å². The third-order valence-electron chi connectivity index (χ3n) is 6.07. The fourth-order valence-corrected chi connectivity index (χ4v) is 4.68. The number of nitrogens with zero attached hydrogens (tertiary/aromatic N) is 2. The molecule has 36 heavy (non-hydrogen) atoms. The van der Waals surface area contributed by atoms with E-state index in [1.54, 1.807) is 0 Å². The maximum Gasteiger partial charge on any atom is 0.303 e. The van der Waals surface area contributed by atoms with E-state index in [1.807, 2.05) is 54.6 Å². The first-order valence-corrected chi connectivity index (χ1v) is 12.8. The summed E-state index contributed by atoms with van der Waals surface area (Å²) in [5, 5.41) is 20.8. The van der Waals surface area contributed by atoms with Gasteiger partial charge in [-0.25, -0.2) is 4.99 Å². The number of benzene rings is 3. The van der Waals surface area contributed by atoms with Crippen LogP contribution < -0.4 is 0 Å². The lowest BCUT2D eigenvalue weighted by Crippen LogP contribution is -2.18. The number of rotatable bonds is 10. The van der Waals surface area contributed by atoms with E-state index in [1.165, 1.54) is 5.56 Å². The first kappa shape index (κ1) is 25.7. The zero-order valence-corrected chi connectivity index (χ0v) is 22.0. The minimum absolute atomic E-state index is 0.0506. The predicted molar refractivity (Wildman–Crippen MR) is 148 cm³/mol. The molecule has 0 fully saturated rings. The summed E-state index contributed by atoms with van der Waals surface area (Å²) in [5.74, 6) is -0.768. The Morgan fingerprint density at radius 1 is 1.03 bits per heavy atom. The molecule has 0 radical (unpaired) electrons. The largest absolute Gasteiger partial charge is 0.494 e. The van der Waals surface area contributed by atoms with Gasteiger partial charge in [-0.05, 0) is 61.8 Å². The Morgan fingerprint density at radius 2 is 1.72 bits per heavy atom. The Bertz CT molecular complexity index is 1380. The van der Waals surface area contributed by atoms with Crippen molar-refractivity contribution in [3.8, 4) is 5.88 Å². The van der Waals surface area contributed by atoms with Gasteiger partial charge in [0.1, 0.15) is 0 Å². The number of halogens is 1. The number of aromatic nitrogens is 1. The van der Waals surface area contributed by atoms with E-state index in [0.29, 0.717) is 17.7 Å². The molecular formula is C29H30BrN3O3. The minimum atomic E-state index is -0.819. The highest BCUT2D eigenvalue weighted by Gasteiger charge is 2.19. The van der Waals surface area contributed by atoms with Gasteiger partial charge in [0, 0.05) is 28.4 Å². The second-order valence-electron chi connectivity index (χ2n) is 8.99. The van der Waals surface area contributed by atoms with Crippen molar-refractivity contribution < 1.29 is 15.0 Å². The summed E-state index contributed by atoms with van der Waals surface area (Å²) < 4.78 is 0.910.